The summed E-state index contributed by atoms with van der Waals surface area (Å²) in [6, 6.07) is 16.0. The van der Waals surface area contributed by atoms with E-state index in [4.69, 9.17) is 11.6 Å². The summed E-state index contributed by atoms with van der Waals surface area (Å²) in [6.07, 6.45) is 1.14. The average molecular weight is 517 g/mol. The summed E-state index contributed by atoms with van der Waals surface area (Å²) in [7, 11) is -3.98. The molecule has 4 aromatic rings. The Balaban J connectivity index is 1.31. The Hall–Kier alpha value is -2.99. The molecule has 1 fully saturated rings. The van der Waals surface area contributed by atoms with E-state index in [1.807, 2.05) is 18.2 Å². The number of hydrogen-bond acceptors (Lipinski definition) is 8. The maximum Gasteiger partial charge on any atom is 0.292 e. The first-order chi connectivity index (χ1) is 16.4. The number of fused-ring (bicyclic) bond motifs is 1. The minimum atomic E-state index is -3.98. The van der Waals surface area contributed by atoms with Gasteiger partial charge in [0.15, 0.2) is 10.8 Å². The fourth-order valence-electron chi connectivity index (χ4n) is 3.74. The van der Waals surface area contributed by atoms with E-state index in [1.165, 1.54) is 41.2 Å². The fraction of sp³-hybridized carbons (Fsp3) is 0.227. The highest BCUT2D eigenvalue weighted by atomic mass is 35.5. The fourth-order valence-corrected chi connectivity index (χ4v) is 5.85. The van der Waals surface area contributed by atoms with Gasteiger partial charge in [-0.15, -0.1) is 0 Å². The number of piperazine rings is 1. The highest BCUT2D eigenvalue weighted by Crippen LogP contribution is 2.26. The van der Waals surface area contributed by atoms with Crippen LogP contribution in [0.25, 0.3) is 10.3 Å². The second-order valence-electron chi connectivity index (χ2n) is 7.87. The molecule has 1 aliphatic rings. The van der Waals surface area contributed by atoms with Gasteiger partial charge in [0.1, 0.15) is 11.0 Å². The van der Waals surface area contributed by atoms with E-state index in [2.05, 4.69) is 36.7 Å². The van der Waals surface area contributed by atoms with Crippen molar-refractivity contribution >= 4 is 48.4 Å². The zero-order valence-corrected chi connectivity index (χ0v) is 20.4. The van der Waals surface area contributed by atoms with E-state index in [1.54, 1.807) is 0 Å². The Morgan fingerprint density at radius 1 is 1.00 bits per heavy atom. The van der Waals surface area contributed by atoms with Crippen LogP contribution in [0.3, 0.4) is 0 Å². The number of sulfonamides is 1. The first kappa shape index (κ1) is 22.8. The van der Waals surface area contributed by atoms with E-state index in [-0.39, 0.29) is 4.90 Å². The maximum absolute atomic E-state index is 13.0. The van der Waals surface area contributed by atoms with Crippen molar-refractivity contribution in [2.24, 2.45) is 0 Å². The SMILES string of the molecule is O=c1c2sc(N3CCN(Cc4ccccc4)CC3)nc2ncn1NS(=O)(=O)c1ccc(Cl)cc1. The van der Waals surface area contributed by atoms with Gasteiger partial charge >= 0.3 is 0 Å². The van der Waals surface area contributed by atoms with Crippen LogP contribution in [0.15, 0.2) is 70.6 Å². The van der Waals surface area contributed by atoms with E-state index in [9.17, 15) is 13.2 Å². The summed E-state index contributed by atoms with van der Waals surface area (Å²) in [4.78, 5) is 28.4. The van der Waals surface area contributed by atoms with Crippen LogP contribution < -0.4 is 15.3 Å². The molecule has 12 heteroatoms. The zero-order valence-electron chi connectivity index (χ0n) is 18.0. The van der Waals surface area contributed by atoms with Crippen LogP contribution in [-0.4, -0.2) is 54.1 Å². The molecule has 9 nitrogen and oxygen atoms in total. The lowest BCUT2D eigenvalue weighted by atomic mass is 10.2. The molecular weight excluding hydrogens is 496 g/mol. The van der Waals surface area contributed by atoms with Crippen molar-refractivity contribution in [2.45, 2.75) is 11.4 Å². The van der Waals surface area contributed by atoms with Gasteiger partial charge < -0.3 is 4.90 Å². The molecule has 176 valence electrons. The Morgan fingerprint density at radius 3 is 2.41 bits per heavy atom. The monoisotopic (exact) mass is 516 g/mol. The molecule has 1 saturated heterocycles. The summed E-state index contributed by atoms with van der Waals surface area (Å²) >= 11 is 7.05. The van der Waals surface area contributed by atoms with Gasteiger partial charge in [-0.3, -0.25) is 9.69 Å². The van der Waals surface area contributed by atoms with E-state index < -0.39 is 15.6 Å². The second-order valence-corrected chi connectivity index (χ2v) is 10.9. The van der Waals surface area contributed by atoms with Crippen LogP contribution in [0.5, 0.6) is 0 Å². The van der Waals surface area contributed by atoms with Crippen LogP contribution in [0.4, 0.5) is 5.13 Å². The second kappa shape index (κ2) is 9.34. The number of aromatic nitrogens is 3. The lowest BCUT2D eigenvalue weighted by molar-refractivity contribution is 0.250. The molecule has 0 atom stereocenters. The van der Waals surface area contributed by atoms with Crippen LogP contribution >= 0.6 is 22.9 Å². The zero-order chi connectivity index (χ0) is 23.7. The highest BCUT2D eigenvalue weighted by molar-refractivity contribution is 7.92. The van der Waals surface area contributed by atoms with Gasteiger partial charge in [-0.2, -0.15) is 18.1 Å². The van der Waals surface area contributed by atoms with E-state index in [0.29, 0.717) is 20.5 Å². The molecule has 0 saturated carbocycles. The third kappa shape index (κ3) is 4.78. The quantitative estimate of drug-likeness (QED) is 0.420. The van der Waals surface area contributed by atoms with Gasteiger partial charge in [0.2, 0.25) is 0 Å². The van der Waals surface area contributed by atoms with E-state index >= 15 is 0 Å². The number of nitrogens with zero attached hydrogens (tertiary/aromatic N) is 5. The summed E-state index contributed by atoms with van der Waals surface area (Å²) in [6.45, 7) is 4.22. The molecule has 0 spiro atoms. The van der Waals surface area contributed by atoms with Crippen molar-refractivity contribution in [3.05, 3.63) is 81.9 Å². The first-order valence-electron chi connectivity index (χ1n) is 10.6. The molecule has 0 radical (unpaired) electrons. The molecule has 1 aliphatic heterocycles. The summed E-state index contributed by atoms with van der Waals surface area (Å²) in [5.74, 6) is 0. The van der Waals surface area contributed by atoms with Crippen molar-refractivity contribution in [1.29, 1.82) is 0 Å². The minimum Gasteiger partial charge on any atom is -0.345 e. The van der Waals surface area contributed by atoms with Crippen LogP contribution in [-0.2, 0) is 16.6 Å². The molecule has 0 unspecified atom stereocenters. The molecule has 0 amide bonds. The number of halogens is 1. The maximum atomic E-state index is 13.0. The molecule has 3 heterocycles. The Bertz CT molecular complexity index is 1460. The normalized spacial score (nSPS) is 15.0. The number of nitrogens with one attached hydrogen (secondary N) is 1. The van der Waals surface area contributed by atoms with Gasteiger partial charge in [0.25, 0.3) is 15.6 Å². The predicted molar refractivity (Wildman–Crippen MR) is 134 cm³/mol. The standard InChI is InChI=1S/C22H21ClN6O3S2/c23-17-6-8-18(9-7-17)34(31,32)26-29-15-24-20-19(21(29)30)33-22(25-20)28-12-10-27(11-13-28)14-16-4-2-1-3-5-16/h1-9,15,26H,10-14H2. The summed E-state index contributed by atoms with van der Waals surface area (Å²) in [5.41, 5.74) is 1.06. The van der Waals surface area contributed by atoms with E-state index in [0.717, 1.165) is 43.7 Å². The number of anilines is 1. The Kier molecular flexibility index (Phi) is 6.26. The molecule has 34 heavy (non-hydrogen) atoms. The van der Waals surface area contributed by atoms with Crippen molar-refractivity contribution in [1.82, 2.24) is 19.5 Å². The average Bonchev–Trinajstić information content (AvgIpc) is 3.28. The lowest BCUT2D eigenvalue weighted by Gasteiger charge is -2.34. The molecule has 1 N–H and O–H groups in total. The molecular formula is C22H21ClN6O3S2. The summed E-state index contributed by atoms with van der Waals surface area (Å²) < 4.78 is 26.5. The minimum absolute atomic E-state index is 0.0118. The van der Waals surface area contributed by atoms with Crippen molar-refractivity contribution in [3.8, 4) is 0 Å². The Labute approximate surface area is 205 Å². The first-order valence-corrected chi connectivity index (χ1v) is 13.2. The van der Waals surface area contributed by atoms with Crippen LogP contribution in [0.2, 0.25) is 5.02 Å². The molecule has 0 aliphatic carbocycles. The number of thiazole rings is 1. The van der Waals surface area contributed by atoms with Gasteiger partial charge in [-0.05, 0) is 29.8 Å². The predicted octanol–water partition coefficient (Wildman–Crippen LogP) is 2.76. The Morgan fingerprint density at radius 2 is 1.71 bits per heavy atom. The van der Waals surface area contributed by atoms with Gasteiger partial charge in [-0.25, -0.2) is 9.82 Å². The van der Waals surface area contributed by atoms with Gasteiger partial charge in [0, 0.05) is 37.7 Å². The summed E-state index contributed by atoms with van der Waals surface area (Å²) in [5, 5.41) is 1.12. The van der Waals surface area contributed by atoms with Gasteiger partial charge in [0.05, 0.1) is 4.90 Å². The molecule has 5 rings (SSSR count). The molecule has 2 aromatic heterocycles. The van der Waals surface area contributed by atoms with Gasteiger partial charge in [-0.1, -0.05) is 53.3 Å². The smallest absolute Gasteiger partial charge is 0.292 e. The number of benzene rings is 2. The lowest BCUT2D eigenvalue weighted by Crippen LogP contribution is -2.45. The third-order valence-corrected chi connectivity index (χ3v) is 8.22. The van der Waals surface area contributed by atoms with Crippen molar-refractivity contribution in [3.63, 3.8) is 0 Å². The topological polar surface area (TPSA) is 100 Å². The largest absolute Gasteiger partial charge is 0.345 e. The van der Waals surface area contributed by atoms with Crippen molar-refractivity contribution in [2.75, 3.05) is 35.9 Å². The highest BCUT2D eigenvalue weighted by Gasteiger charge is 2.22. The number of hydrogen-bond donors (Lipinski definition) is 1. The number of rotatable bonds is 6. The van der Waals surface area contributed by atoms with Crippen LogP contribution in [0, 0.1) is 0 Å². The molecule has 0 bridgehead atoms. The van der Waals surface area contributed by atoms with Crippen LogP contribution in [0.1, 0.15) is 5.56 Å². The molecule has 2 aromatic carbocycles. The van der Waals surface area contributed by atoms with Crippen molar-refractivity contribution < 1.29 is 8.42 Å². The third-order valence-electron chi connectivity index (χ3n) is 5.54.